The molecule has 0 saturated heterocycles. The van der Waals surface area contributed by atoms with Gasteiger partial charge in [0.2, 0.25) is 0 Å². The molecule has 674 valence electrons. The van der Waals surface area contributed by atoms with E-state index < -0.39 is 0 Å². The summed E-state index contributed by atoms with van der Waals surface area (Å²) in [6.07, 6.45) is 0. The number of fused-ring (bicyclic) bond motifs is 5. The molecule has 0 radical (unpaired) electrons. The number of hydrogen-bond donors (Lipinski definition) is 10. The van der Waals surface area contributed by atoms with E-state index in [1.807, 2.05) is 221 Å². The Morgan fingerprint density at radius 2 is 0.642 bits per heavy atom. The molecule has 10 aromatic carbocycles. The van der Waals surface area contributed by atoms with Gasteiger partial charge in [-0.15, -0.1) is 0 Å². The van der Waals surface area contributed by atoms with Crippen LogP contribution in [0, 0.1) is 34.6 Å². The number of aromatic nitrogens is 20. The summed E-state index contributed by atoms with van der Waals surface area (Å²) in [6, 6.07) is 84.5. The van der Waals surface area contributed by atoms with Gasteiger partial charge in [0.05, 0.1) is 81.7 Å². The average Bonchev–Trinajstić information content (AvgIpc) is 1.66. The van der Waals surface area contributed by atoms with E-state index in [1.165, 1.54) is 69.6 Å². The van der Waals surface area contributed by atoms with Crippen LogP contribution in [0.2, 0.25) is 10.0 Å². The van der Waals surface area contributed by atoms with Gasteiger partial charge in [-0.3, -0.25) is 49.5 Å². The van der Waals surface area contributed by atoms with E-state index in [4.69, 9.17) is 37.4 Å². The first kappa shape index (κ1) is 90.4. The molecule has 20 rings (SSSR count). The summed E-state index contributed by atoms with van der Waals surface area (Å²) < 4.78 is 22.4. The normalized spacial score (nSPS) is 11.0. The van der Waals surface area contributed by atoms with Crippen LogP contribution in [0.4, 0.5) is 22.7 Å². The predicted octanol–water partition coefficient (Wildman–Crippen LogP) is 16.0. The van der Waals surface area contributed by atoms with Gasteiger partial charge in [0.25, 0.3) is 56.7 Å². The number of para-hydroxylation sites is 2. The molecule has 0 aliphatic carbocycles. The van der Waals surface area contributed by atoms with Crippen molar-refractivity contribution in [1.82, 2.24) is 103 Å². The maximum atomic E-state index is 12.5. The third-order valence-corrected chi connectivity index (χ3v) is 22.1. The zero-order chi connectivity index (χ0) is 93.3. The fourth-order valence-corrected chi connectivity index (χ4v) is 14.6. The number of aromatic amines is 5. The molecular weight excluding hydrogens is 1740 g/mol. The Bertz CT molecular complexity index is 7880. The Labute approximate surface area is 775 Å². The lowest BCUT2D eigenvalue weighted by atomic mass is 10.1. The van der Waals surface area contributed by atoms with Crippen LogP contribution >= 0.6 is 23.2 Å². The summed E-state index contributed by atoms with van der Waals surface area (Å²) in [5.74, 6) is 7.00. The monoisotopic (exact) mass is 1830 g/mol. The number of halogens is 2. The van der Waals surface area contributed by atoms with Gasteiger partial charge in [-0.2, -0.15) is 47.5 Å². The predicted molar refractivity (Wildman–Crippen MR) is 521 cm³/mol. The van der Waals surface area contributed by atoms with Crippen LogP contribution in [0.1, 0.15) is 61.9 Å². The minimum absolute atomic E-state index is 0.168. The van der Waals surface area contributed by atoms with Gasteiger partial charge in [-0.25, -0.2) is 24.9 Å². The maximum Gasteiger partial charge on any atom is 0.274 e. The van der Waals surface area contributed by atoms with Crippen molar-refractivity contribution in [1.29, 1.82) is 0 Å². The minimum atomic E-state index is -0.232. The summed E-state index contributed by atoms with van der Waals surface area (Å²) in [5, 5.41) is 32.7. The number of benzene rings is 10. The van der Waals surface area contributed by atoms with Crippen LogP contribution in [-0.2, 0) is 39.3 Å². The lowest BCUT2D eigenvalue weighted by Gasteiger charge is -2.10. The summed E-state index contributed by atoms with van der Waals surface area (Å²) in [4.78, 5) is 107. The van der Waals surface area contributed by atoms with E-state index in [-0.39, 0.29) is 27.8 Å². The third kappa shape index (κ3) is 22.0. The molecule has 0 amide bonds. The van der Waals surface area contributed by atoms with Crippen LogP contribution in [-0.4, -0.2) is 119 Å². The Balaban J connectivity index is 0.000000122. The van der Waals surface area contributed by atoms with E-state index in [0.29, 0.717) is 129 Å². The van der Waals surface area contributed by atoms with Crippen LogP contribution in [0.3, 0.4) is 0 Å². The number of nitrogens with one attached hydrogen (secondary N) is 10. The second-order valence-corrected chi connectivity index (χ2v) is 31.7. The van der Waals surface area contributed by atoms with Crippen molar-refractivity contribution in [2.24, 2.45) is 0 Å². The van der Waals surface area contributed by atoms with Crippen molar-refractivity contribution in [3.63, 3.8) is 0 Å². The molecule has 10 N–H and O–H groups in total. The highest BCUT2D eigenvalue weighted by molar-refractivity contribution is 6.31. The number of H-pyrrole nitrogens is 5. The number of anilines is 4. The molecule has 20 aromatic rings. The van der Waals surface area contributed by atoms with Gasteiger partial charge in [0, 0.05) is 104 Å². The Morgan fingerprint density at radius 1 is 0.291 bits per heavy atom. The van der Waals surface area contributed by atoms with E-state index in [0.717, 1.165) is 91.1 Å². The second-order valence-electron chi connectivity index (χ2n) is 30.8. The van der Waals surface area contributed by atoms with Crippen molar-refractivity contribution >= 4 is 74.8 Å². The molecule has 134 heavy (non-hydrogen) atoms. The number of rotatable bonds is 24. The highest BCUT2D eigenvalue weighted by Gasteiger charge is 2.19. The van der Waals surface area contributed by atoms with Crippen LogP contribution in [0.5, 0.6) is 17.2 Å². The fourth-order valence-electron chi connectivity index (χ4n) is 14.3. The molecule has 10 aromatic heterocycles. The van der Waals surface area contributed by atoms with E-state index >= 15 is 0 Å². The number of ether oxygens (including phenoxy) is 3. The molecule has 0 bridgehead atoms. The van der Waals surface area contributed by atoms with Gasteiger partial charge in [-0.1, -0.05) is 157 Å². The smallest absolute Gasteiger partial charge is 0.274 e. The molecule has 0 spiro atoms. The molecule has 0 fully saturated rings. The van der Waals surface area contributed by atoms with E-state index in [9.17, 15) is 24.0 Å². The highest BCUT2D eigenvalue weighted by Crippen LogP contribution is 2.29. The zero-order valence-corrected chi connectivity index (χ0v) is 75.5. The van der Waals surface area contributed by atoms with E-state index in [1.54, 1.807) is 45.6 Å². The first-order valence-electron chi connectivity index (χ1n) is 42.4. The van der Waals surface area contributed by atoms with Gasteiger partial charge in [-0.05, 0) is 171 Å². The van der Waals surface area contributed by atoms with Gasteiger partial charge in [0.15, 0.2) is 29.1 Å². The summed E-state index contributed by atoms with van der Waals surface area (Å²) in [7, 11) is 4.86. The second kappa shape index (κ2) is 41.7. The highest BCUT2D eigenvalue weighted by atomic mass is 35.5. The molecule has 0 aliphatic heterocycles. The molecule has 33 nitrogen and oxygen atoms in total. The number of hydrogen-bond acceptors (Lipinski definition) is 23. The molecule has 0 atom stereocenters. The first-order valence-corrected chi connectivity index (χ1v) is 43.2. The lowest BCUT2D eigenvalue weighted by Crippen LogP contribution is -2.20. The van der Waals surface area contributed by atoms with Gasteiger partial charge >= 0.3 is 0 Å². The largest absolute Gasteiger partial charge is 0.497 e. The van der Waals surface area contributed by atoms with Crippen LogP contribution in [0.15, 0.2) is 297 Å². The van der Waals surface area contributed by atoms with Crippen molar-refractivity contribution < 1.29 is 14.2 Å². The number of methoxy groups -OCH3 is 3. The molecule has 0 saturated carbocycles. The lowest BCUT2D eigenvalue weighted by molar-refractivity contribution is 0.415. The van der Waals surface area contributed by atoms with Crippen molar-refractivity contribution in [3.05, 3.63) is 397 Å². The molecule has 0 unspecified atom stereocenters. The zero-order valence-electron chi connectivity index (χ0n) is 74.0. The summed E-state index contributed by atoms with van der Waals surface area (Å²) >= 11 is 11.8. The van der Waals surface area contributed by atoms with Crippen molar-refractivity contribution in [3.8, 4) is 74.2 Å². The average molecular weight is 1830 g/mol. The fraction of sp³-hybridized carbons (Fsp3) is 0.141. The standard InChI is InChI=1S/C21H21N5O.C20H19N5O2.C20H19N5O.2C19H16ClN5O2/c1-13-8-6-10-18(15(13)3)22-12-16-11-19(27)26-21(23-16)24-20(25-26)17-9-5-4-7-14(17)2;1-13-6-3-4-9-17(13)19-23-20-22-15(11-18(26)25(20)24-19)12-21-14-7-5-8-16(10-14)27-2;1-14-7-5-6-10-17(14)19-23-20-22-16(11-18(26)25(20)24-19)13-21-12-15-8-3-2-4-9-15;1-27-16-8-6-14(7-9-16)21-11-15-10-17(26)25-19(22-15)23-18(24-25)12-2-4-13(20)5-3-12;1-27-16-5-3-2-4-15(16)21-11-14-10-17(26)25-19(22-14)23-18(24-25)12-6-8-13(20)9-7-12/h4-11,22H,12H2,1-3H3,(H,23,24,25);3-11,21H,12H2,1-2H3,(H,22,23,24);2-11,21H,12-13H2,1H3,(H,22,23,24);2*2-10,21H,11H2,1H3,(H,22,23,24). The minimum Gasteiger partial charge on any atom is -0.497 e. The Kier molecular flexibility index (Phi) is 28.1. The van der Waals surface area contributed by atoms with Crippen LogP contribution in [0.25, 0.3) is 85.8 Å². The van der Waals surface area contributed by atoms with E-state index in [2.05, 4.69) is 134 Å². The molecule has 35 heteroatoms. The van der Waals surface area contributed by atoms with Crippen LogP contribution < -0.4 is 68.6 Å². The molecule has 0 aliphatic rings. The summed E-state index contributed by atoms with van der Waals surface area (Å²) in [5.41, 5.74) is 17.1. The Morgan fingerprint density at radius 3 is 1.07 bits per heavy atom. The summed E-state index contributed by atoms with van der Waals surface area (Å²) in [6.45, 7) is 13.0. The third-order valence-electron chi connectivity index (χ3n) is 21.6. The van der Waals surface area contributed by atoms with Gasteiger partial charge < -0.3 is 40.8 Å². The Hall–Kier alpha value is -16.9. The maximum absolute atomic E-state index is 12.5. The SMILES string of the molecule is COc1ccc(NCc2cc(=O)n3[nH]c(-c4ccc(Cl)cc4)nc3n2)cc1.COc1cccc(NCc2cc(=O)n3[nH]c(-c4ccccc4C)nc3n2)c1.COc1ccccc1NCc1cc(=O)n2[nH]c(-c3ccc(Cl)cc3)nc2n1.Cc1ccccc1-c1nc2nc(CNCc3ccccc3)cc(=O)n2[nH]1.Cc1ccccc1-c1nc2nc(CNc3cccc(C)c3C)cc(=O)n2[nH]1. The number of nitrogens with zero attached hydrogens (tertiary/aromatic N) is 15. The van der Waals surface area contributed by atoms with Crippen molar-refractivity contribution in [2.75, 3.05) is 42.6 Å². The van der Waals surface area contributed by atoms with Crippen molar-refractivity contribution in [2.45, 2.75) is 73.9 Å². The van der Waals surface area contributed by atoms with Gasteiger partial charge in [0.1, 0.15) is 17.2 Å². The topological polar surface area (TPSA) is 403 Å². The quantitative estimate of drug-likeness (QED) is 0.0269. The molecular formula is C99H91Cl2N25O8. The molecule has 10 heterocycles. The number of aryl methyl sites for hydroxylation is 4. The first-order chi connectivity index (χ1) is 65.1.